The first-order valence-corrected chi connectivity index (χ1v) is 5.36. The summed E-state index contributed by atoms with van der Waals surface area (Å²) in [6.45, 7) is 7.32. The summed E-state index contributed by atoms with van der Waals surface area (Å²) in [6.07, 6.45) is 0. The molecule has 0 spiro atoms. The lowest BCUT2D eigenvalue weighted by Gasteiger charge is -2.22. The average molecular weight is 237 g/mol. The van der Waals surface area contributed by atoms with E-state index in [4.69, 9.17) is 11.1 Å². The summed E-state index contributed by atoms with van der Waals surface area (Å²) in [5.41, 5.74) is 5.83. The van der Waals surface area contributed by atoms with Gasteiger partial charge in [0.05, 0.1) is 11.1 Å². The fourth-order valence-electron chi connectivity index (χ4n) is 1.64. The summed E-state index contributed by atoms with van der Waals surface area (Å²) >= 11 is 0. The fourth-order valence-corrected chi connectivity index (χ4v) is 1.64. The van der Waals surface area contributed by atoms with Crippen LogP contribution in [0.5, 0.6) is 0 Å². The first-order valence-electron chi connectivity index (χ1n) is 5.36. The van der Waals surface area contributed by atoms with Crippen LogP contribution in [0.4, 0.5) is 5.82 Å². The van der Waals surface area contributed by atoms with Gasteiger partial charge in [-0.3, -0.25) is 10.2 Å². The van der Waals surface area contributed by atoms with Crippen molar-refractivity contribution < 1.29 is 4.79 Å². The molecule has 0 saturated heterocycles. The maximum atomic E-state index is 11.5. The van der Waals surface area contributed by atoms with E-state index in [1.54, 1.807) is 11.7 Å². The molecule has 0 bridgehead atoms. The number of nitrogen functional groups attached to an aromatic ring is 1. The van der Waals surface area contributed by atoms with Gasteiger partial charge in [-0.05, 0) is 20.8 Å². The molecule has 94 valence electrons. The van der Waals surface area contributed by atoms with Gasteiger partial charge in [0.25, 0.3) is 0 Å². The summed E-state index contributed by atoms with van der Waals surface area (Å²) < 4.78 is 1.68. The van der Waals surface area contributed by atoms with Crippen LogP contribution in [0.1, 0.15) is 43.7 Å². The van der Waals surface area contributed by atoms with Gasteiger partial charge in [-0.25, -0.2) is 4.68 Å². The smallest absolute Gasteiger partial charge is 0.180 e. The Morgan fingerprint density at radius 1 is 1.47 bits per heavy atom. The maximum Gasteiger partial charge on any atom is 0.180 e. The molecule has 0 fully saturated rings. The first kappa shape index (κ1) is 13.2. The molecular weight excluding hydrogens is 218 g/mol. The van der Waals surface area contributed by atoms with Crippen LogP contribution >= 0.6 is 0 Å². The van der Waals surface area contributed by atoms with Crippen molar-refractivity contribution in [1.82, 2.24) is 9.78 Å². The molecule has 1 heterocycles. The highest BCUT2D eigenvalue weighted by Crippen LogP contribution is 2.26. The van der Waals surface area contributed by atoms with Crippen molar-refractivity contribution in [3.8, 4) is 0 Å². The zero-order valence-corrected chi connectivity index (χ0v) is 10.9. The number of carbonyl (C=O) groups excluding carboxylic acids is 1. The Bertz CT molecular complexity index is 467. The number of amidine groups is 1. The van der Waals surface area contributed by atoms with Crippen LogP contribution in [0.2, 0.25) is 0 Å². The van der Waals surface area contributed by atoms with E-state index in [2.05, 4.69) is 10.4 Å². The van der Waals surface area contributed by atoms with Crippen molar-refractivity contribution in [1.29, 1.82) is 5.41 Å². The molecule has 0 saturated carbocycles. The van der Waals surface area contributed by atoms with Crippen LogP contribution in [0.15, 0.2) is 0 Å². The van der Waals surface area contributed by atoms with Crippen molar-refractivity contribution in [3.05, 3.63) is 11.3 Å². The molecule has 0 aliphatic heterocycles. The lowest BCUT2D eigenvalue weighted by molar-refractivity contribution is 0.101. The Hall–Kier alpha value is -1.85. The van der Waals surface area contributed by atoms with Crippen molar-refractivity contribution >= 4 is 17.4 Å². The minimum absolute atomic E-state index is 0.157. The molecule has 0 unspecified atom stereocenters. The second kappa shape index (κ2) is 4.20. The Morgan fingerprint density at radius 3 is 2.29 bits per heavy atom. The number of ketones is 1. The Balaban J connectivity index is 3.61. The van der Waals surface area contributed by atoms with E-state index in [0.717, 1.165) is 0 Å². The van der Waals surface area contributed by atoms with Gasteiger partial charge in [0.2, 0.25) is 0 Å². The van der Waals surface area contributed by atoms with Crippen LogP contribution in [-0.4, -0.2) is 28.4 Å². The van der Waals surface area contributed by atoms with Gasteiger partial charge in [0.1, 0.15) is 17.3 Å². The molecule has 1 aromatic heterocycles. The van der Waals surface area contributed by atoms with Gasteiger partial charge in [-0.2, -0.15) is 5.10 Å². The largest absolute Gasteiger partial charge is 0.383 e. The molecule has 0 radical (unpaired) electrons. The first-order chi connectivity index (χ1) is 7.70. The zero-order valence-electron chi connectivity index (χ0n) is 10.9. The molecule has 0 aliphatic rings. The van der Waals surface area contributed by atoms with Crippen LogP contribution in [0.3, 0.4) is 0 Å². The van der Waals surface area contributed by atoms with E-state index < -0.39 is 0 Å². The number of hydrogen-bond donors (Lipinski definition) is 3. The lowest BCUT2D eigenvalue weighted by Crippen LogP contribution is -2.25. The summed E-state index contributed by atoms with van der Waals surface area (Å²) in [6, 6.07) is 0. The molecule has 17 heavy (non-hydrogen) atoms. The predicted octanol–water partition coefficient (Wildman–Crippen LogP) is 1.17. The number of rotatable bonds is 3. The van der Waals surface area contributed by atoms with E-state index >= 15 is 0 Å². The molecule has 4 N–H and O–H groups in total. The van der Waals surface area contributed by atoms with E-state index in [9.17, 15) is 4.79 Å². The minimum atomic E-state index is -0.295. The zero-order chi connectivity index (χ0) is 13.4. The second-order valence-electron chi connectivity index (χ2n) is 4.87. The van der Waals surface area contributed by atoms with Crippen molar-refractivity contribution in [2.75, 3.05) is 12.4 Å². The van der Waals surface area contributed by atoms with Gasteiger partial charge < -0.3 is 11.1 Å². The summed E-state index contributed by atoms with van der Waals surface area (Å²) in [5, 5.41) is 14.8. The highest BCUT2D eigenvalue weighted by Gasteiger charge is 2.27. The highest BCUT2D eigenvalue weighted by molar-refractivity contribution is 6.09. The maximum absolute atomic E-state index is 11.5. The number of nitrogens with zero attached hydrogens (tertiary/aromatic N) is 2. The molecule has 1 aromatic rings. The lowest BCUT2D eigenvalue weighted by atomic mass is 10.1. The summed E-state index contributed by atoms with van der Waals surface area (Å²) in [5.74, 6) is 0.236. The van der Waals surface area contributed by atoms with Crippen LogP contribution in [-0.2, 0) is 5.54 Å². The van der Waals surface area contributed by atoms with Crippen molar-refractivity contribution in [2.45, 2.75) is 33.2 Å². The summed E-state index contributed by atoms with van der Waals surface area (Å²) in [4.78, 5) is 11.5. The van der Waals surface area contributed by atoms with Gasteiger partial charge in [0.15, 0.2) is 5.78 Å². The molecule has 6 nitrogen and oxygen atoms in total. The van der Waals surface area contributed by atoms with E-state index in [-0.39, 0.29) is 22.9 Å². The van der Waals surface area contributed by atoms with Crippen molar-refractivity contribution in [2.24, 2.45) is 5.73 Å². The third kappa shape index (κ3) is 2.30. The number of anilines is 1. The number of nitrogens with one attached hydrogen (secondary N) is 2. The number of nitrogens with two attached hydrogens (primary N) is 1. The fraction of sp³-hybridized carbons (Fsp3) is 0.545. The van der Waals surface area contributed by atoms with Crippen molar-refractivity contribution in [3.63, 3.8) is 0 Å². The molecule has 0 atom stereocenters. The second-order valence-corrected chi connectivity index (χ2v) is 4.87. The van der Waals surface area contributed by atoms with Crippen LogP contribution < -0.4 is 11.1 Å². The molecule has 6 heteroatoms. The number of Topliss-reactive ketones (excluding diaryl/α,β-unsaturated/α-hetero) is 1. The monoisotopic (exact) mass is 237 g/mol. The predicted molar refractivity (Wildman–Crippen MR) is 67.8 cm³/mol. The molecule has 1 rings (SSSR count). The van der Waals surface area contributed by atoms with Gasteiger partial charge in [0, 0.05) is 14.0 Å². The minimum Gasteiger partial charge on any atom is -0.383 e. The average Bonchev–Trinajstić information content (AvgIpc) is 2.55. The third-order valence-corrected chi connectivity index (χ3v) is 2.36. The third-order valence-electron chi connectivity index (χ3n) is 2.36. The molecule has 0 aromatic carbocycles. The number of aromatic nitrogens is 2. The van der Waals surface area contributed by atoms with E-state index in [1.807, 2.05) is 20.8 Å². The Morgan fingerprint density at radius 2 is 2.00 bits per heavy atom. The topological polar surface area (TPSA) is 96.8 Å². The molecule has 0 amide bonds. The quantitative estimate of drug-likeness (QED) is 0.417. The Labute approximate surface area is 101 Å². The van der Waals surface area contributed by atoms with Gasteiger partial charge in [-0.1, -0.05) is 0 Å². The van der Waals surface area contributed by atoms with Gasteiger partial charge >= 0.3 is 0 Å². The normalized spacial score (nSPS) is 11.4. The van der Waals surface area contributed by atoms with Gasteiger partial charge in [-0.15, -0.1) is 0 Å². The molecular formula is C11H19N5O. The SMILES string of the molecule is CNc1c(C(=N)N)c(C(C)=O)nn1C(C)(C)C. The number of carbonyl (C=O) groups is 1. The van der Waals surface area contributed by atoms with Crippen LogP contribution in [0.25, 0.3) is 0 Å². The Kier molecular flexibility index (Phi) is 3.26. The van der Waals surface area contributed by atoms with E-state index in [0.29, 0.717) is 11.4 Å². The standard InChI is InChI=1S/C11H19N5O/c1-6(17)8-7(9(12)13)10(14-5)16(15-8)11(2,3)4/h14H,1-5H3,(H3,12,13). The van der Waals surface area contributed by atoms with Crippen LogP contribution in [0, 0.1) is 5.41 Å². The highest BCUT2D eigenvalue weighted by atomic mass is 16.1. The number of hydrogen-bond acceptors (Lipinski definition) is 4. The van der Waals surface area contributed by atoms with E-state index in [1.165, 1.54) is 6.92 Å². The molecule has 0 aliphatic carbocycles. The summed E-state index contributed by atoms with van der Waals surface area (Å²) in [7, 11) is 1.72.